The first-order chi connectivity index (χ1) is 6.43. The third kappa shape index (κ3) is 2.56. The average molecular weight is 197 g/mol. The molecule has 0 bridgehead atoms. The molecule has 1 atom stereocenters. The molecule has 0 aromatic heterocycles. The Balaban J connectivity index is 2.58. The molecule has 0 spiro atoms. The van der Waals surface area contributed by atoms with Gasteiger partial charge in [0, 0.05) is 5.57 Å². The molecule has 1 aliphatic carbocycles. The van der Waals surface area contributed by atoms with Gasteiger partial charge in [0.25, 0.3) is 0 Å². The number of esters is 1. The fraction of sp³-hybridized carbons (Fsp3) is 0.600. The maximum absolute atomic E-state index is 11.3. The Bertz CT molecular complexity index is 249. The summed E-state index contributed by atoms with van der Waals surface area (Å²) in [6.45, 7) is 5.11. The number of hydrogen-bond acceptors (Lipinski definition) is 4. The van der Waals surface area contributed by atoms with E-state index in [1.807, 2.05) is 6.42 Å². The van der Waals surface area contributed by atoms with Crippen LogP contribution in [0, 0.1) is 6.42 Å². The average Bonchev–Trinajstić information content (AvgIpc) is 2.08. The summed E-state index contributed by atoms with van der Waals surface area (Å²) < 4.78 is 5.16. The highest BCUT2D eigenvalue weighted by molar-refractivity contribution is 5.87. The van der Waals surface area contributed by atoms with E-state index in [-0.39, 0.29) is 0 Å². The zero-order chi connectivity index (χ0) is 10.8. The molecule has 1 fully saturated rings. The molecule has 0 heterocycles. The first kappa shape index (κ1) is 11.2. The van der Waals surface area contributed by atoms with E-state index in [1.165, 1.54) is 0 Å². The summed E-state index contributed by atoms with van der Waals surface area (Å²) >= 11 is 0. The monoisotopic (exact) mass is 197 g/mol. The van der Waals surface area contributed by atoms with E-state index < -0.39 is 17.7 Å². The van der Waals surface area contributed by atoms with Crippen LogP contribution in [0.3, 0.4) is 0 Å². The Hall–Kier alpha value is -0.870. The Kier molecular flexibility index (Phi) is 3.29. The maximum Gasteiger partial charge on any atom is 0.333 e. The van der Waals surface area contributed by atoms with Crippen LogP contribution in [0.2, 0.25) is 0 Å². The minimum atomic E-state index is -0.927. The molecule has 4 nitrogen and oxygen atoms in total. The first-order valence-corrected chi connectivity index (χ1v) is 4.69. The lowest BCUT2D eigenvalue weighted by Gasteiger charge is -2.36. The van der Waals surface area contributed by atoms with Gasteiger partial charge in [-0.05, 0) is 32.6 Å². The summed E-state index contributed by atoms with van der Waals surface area (Å²) in [5.74, 6) is -0.419. The number of rotatable bonds is 2. The molecular formula is C10H17N2O2. The van der Waals surface area contributed by atoms with Gasteiger partial charge in [0.1, 0.15) is 11.8 Å². The van der Waals surface area contributed by atoms with Gasteiger partial charge in [-0.2, -0.15) is 0 Å². The number of hydrogen-bond donors (Lipinski definition) is 2. The molecule has 0 aliphatic heterocycles. The highest BCUT2D eigenvalue weighted by Gasteiger charge is 2.36. The van der Waals surface area contributed by atoms with Crippen molar-refractivity contribution in [2.45, 2.75) is 38.0 Å². The van der Waals surface area contributed by atoms with Crippen molar-refractivity contribution < 1.29 is 9.53 Å². The molecule has 0 saturated heterocycles. The normalized spacial score (nSPS) is 25.5. The Morgan fingerprint density at radius 2 is 2.29 bits per heavy atom. The highest BCUT2D eigenvalue weighted by Crippen LogP contribution is 2.24. The van der Waals surface area contributed by atoms with Crippen molar-refractivity contribution >= 4 is 5.97 Å². The Morgan fingerprint density at radius 1 is 1.64 bits per heavy atom. The fourth-order valence-electron chi connectivity index (χ4n) is 1.42. The number of ether oxygens (including phenoxy) is 1. The lowest BCUT2D eigenvalue weighted by atomic mass is 9.87. The SMILES string of the molecule is C=C(C)C(=O)OC1CC[CH]CC1(N)N. The van der Waals surface area contributed by atoms with E-state index in [9.17, 15) is 4.79 Å². The number of carbonyl (C=O) groups excluding carboxylic acids is 1. The van der Waals surface area contributed by atoms with Crippen molar-refractivity contribution in [1.29, 1.82) is 0 Å². The van der Waals surface area contributed by atoms with Gasteiger partial charge in [-0.15, -0.1) is 0 Å². The maximum atomic E-state index is 11.3. The molecule has 79 valence electrons. The first-order valence-electron chi connectivity index (χ1n) is 4.69. The molecule has 14 heavy (non-hydrogen) atoms. The summed E-state index contributed by atoms with van der Waals surface area (Å²) in [6, 6.07) is 0. The minimum absolute atomic E-state index is 0.371. The van der Waals surface area contributed by atoms with Gasteiger partial charge >= 0.3 is 5.97 Å². The Labute approximate surface area is 84.3 Å². The fourth-order valence-corrected chi connectivity index (χ4v) is 1.42. The third-order valence-corrected chi connectivity index (χ3v) is 2.33. The summed E-state index contributed by atoms with van der Waals surface area (Å²) in [7, 11) is 0. The summed E-state index contributed by atoms with van der Waals surface area (Å²) in [5, 5.41) is 0. The number of nitrogens with two attached hydrogens (primary N) is 2. The minimum Gasteiger partial charge on any atom is -0.456 e. The van der Waals surface area contributed by atoms with Crippen molar-refractivity contribution in [3.8, 4) is 0 Å². The topological polar surface area (TPSA) is 78.3 Å². The summed E-state index contributed by atoms with van der Waals surface area (Å²) in [4.78, 5) is 11.3. The highest BCUT2D eigenvalue weighted by atomic mass is 16.5. The third-order valence-electron chi connectivity index (χ3n) is 2.33. The second-order valence-electron chi connectivity index (χ2n) is 3.86. The van der Waals surface area contributed by atoms with Gasteiger partial charge in [0.15, 0.2) is 0 Å². The van der Waals surface area contributed by atoms with E-state index in [2.05, 4.69) is 6.58 Å². The largest absolute Gasteiger partial charge is 0.456 e. The predicted molar refractivity (Wildman–Crippen MR) is 54.0 cm³/mol. The van der Waals surface area contributed by atoms with Crippen LogP contribution in [0.5, 0.6) is 0 Å². The molecule has 0 amide bonds. The predicted octanol–water partition coefficient (Wildman–Crippen LogP) is 0.476. The second kappa shape index (κ2) is 4.11. The lowest BCUT2D eigenvalue weighted by molar-refractivity contribution is -0.149. The molecule has 1 radical (unpaired) electrons. The second-order valence-corrected chi connectivity index (χ2v) is 3.86. The zero-order valence-electron chi connectivity index (χ0n) is 8.45. The van der Waals surface area contributed by atoms with E-state index in [0.29, 0.717) is 18.4 Å². The van der Waals surface area contributed by atoms with Crippen LogP contribution in [0.4, 0.5) is 0 Å². The van der Waals surface area contributed by atoms with Gasteiger partial charge in [0.2, 0.25) is 0 Å². The van der Waals surface area contributed by atoms with Crippen LogP contribution >= 0.6 is 0 Å². The molecule has 0 aromatic carbocycles. The molecule has 1 rings (SSSR count). The van der Waals surface area contributed by atoms with Crippen molar-refractivity contribution in [1.82, 2.24) is 0 Å². The molecular weight excluding hydrogens is 180 g/mol. The van der Waals surface area contributed by atoms with E-state index in [1.54, 1.807) is 6.92 Å². The standard InChI is InChI=1S/C10H17N2O2/c1-7(2)9(13)14-8-5-3-4-6-10(8,11)12/h4,8H,1,3,5-6,11-12H2,2H3. The van der Waals surface area contributed by atoms with Crippen molar-refractivity contribution in [2.75, 3.05) is 0 Å². The zero-order valence-corrected chi connectivity index (χ0v) is 8.45. The van der Waals surface area contributed by atoms with Crippen molar-refractivity contribution in [2.24, 2.45) is 11.5 Å². The molecule has 4 heteroatoms. The van der Waals surface area contributed by atoms with E-state index in [0.717, 1.165) is 6.42 Å². The van der Waals surface area contributed by atoms with Gasteiger partial charge in [-0.3, -0.25) is 0 Å². The summed E-state index contributed by atoms with van der Waals surface area (Å²) in [5.41, 5.74) is 11.1. The molecule has 4 N–H and O–H groups in total. The lowest BCUT2D eigenvalue weighted by Crippen LogP contribution is -2.61. The van der Waals surface area contributed by atoms with Crippen molar-refractivity contribution in [3.05, 3.63) is 18.6 Å². The van der Waals surface area contributed by atoms with Gasteiger partial charge in [0.05, 0.1) is 0 Å². The molecule has 0 aromatic rings. The van der Waals surface area contributed by atoms with Gasteiger partial charge < -0.3 is 16.2 Å². The van der Waals surface area contributed by atoms with Crippen LogP contribution in [-0.4, -0.2) is 17.7 Å². The van der Waals surface area contributed by atoms with Gasteiger partial charge in [-0.1, -0.05) is 6.58 Å². The van der Waals surface area contributed by atoms with E-state index in [4.69, 9.17) is 16.2 Å². The van der Waals surface area contributed by atoms with Crippen LogP contribution in [0.15, 0.2) is 12.2 Å². The van der Waals surface area contributed by atoms with Crippen LogP contribution < -0.4 is 11.5 Å². The van der Waals surface area contributed by atoms with Crippen LogP contribution in [0.25, 0.3) is 0 Å². The molecule has 1 aliphatic rings. The van der Waals surface area contributed by atoms with E-state index >= 15 is 0 Å². The number of carbonyl (C=O) groups is 1. The van der Waals surface area contributed by atoms with Gasteiger partial charge in [-0.25, -0.2) is 4.79 Å². The quantitative estimate of drug-likeness (QED) is 0.383. The molecule has 1 saturated carbocycles. The van der Waals surface area contributed by atoms with Crippen molar-refractivity contribution in [3.63, 3.8) is 0 Å². The smallest absolute Gasteiger partial charge is 0.333 e. The summed E-state index contributed by atoms with van der Waals surface area (Å²) in [6.07, 6.45) is 3.75. The van der Waals surface area contributed by atoms with Crippen LogP contribution in [0.1, 0.15) is 26.2 Å². The van der Waals surface area contributed by atoms with Crippen LogP contribution in [-0.2, 0) is 9.53 Å². The molecule has 1 unspecified atom stereocenters. The Morgan fingerprint density at radius 3 is 2.79 bits per heavy atom.